The molecular weight excluding hydrogens is 274 g/mol. The van der Waals surface area contributed by atoms with Gasteiger partial charge in [-0.25, -0.2) is 9.78 Å². The number of nitrogens with zero attached hydrogens (tertiary/aromatic N) is 2. The molecule has 0 amide bonds. The van der Waals surface area contributed by atoms with Gasteiger partial charge in [-0.15, -0.1) is 0 Å². The molecule has 1 aromatic heterocycles. The van der Waals surface area contributed by atoms with E-state index in [9.17, 15) is 14.9 Å². The predicted octanol–water partition coefficient (Wildman–Crippen LogP) is 3.46. The maximum absolute atomic E-state index is 11.0. The fourth-order valence-electron chi connectivity index (χ4n) is 2.00. The molecule has 2 N–H and O–H groups in total. The predicted molar refractivity (Wildman–Crippen MR) is 79.7 cm³/mol. The minimum atomic E-state index is -1.23. The van der Waals surface area contributed by atoms with Crippen LogP contribution in [0.2, 0.25) is 0 Å². The molecule has 0 bridgehead atoms. The molecule has 0 saturated carbocycles. The van der Waals surface area contributed by atoms with E-state index in [1.54, 1.807) is 0 Å². The van der Waals surface area contributed by atoms with Crippen LogP contribution in [0.1, 0.15) is 56.3 Å². The number of nitro groups is 1. The second kappa shape index (κ2) is 8.18. The van der Waals surface area contributed by atoms with Gasteiger partial charge in [0.05, 0.1) is 10.5 Å². The molecule has 7 heteroatoms. The summed E-state index contributed by atoms with van der Waals surface area (Å²) in [4.78, 5) is 25.1. The van der Waals surface area contributed by atoms with Crippen LogP contribution in [0.3, 0.4) is 0 Å². The molecule has 0 radical (unpaired) electrons. The molecule has 1 unspecified atom stereocenters. The maximum atomic E-state index is 11.0. The van der Waals surface area contributed by atoms with Crippen molar-refractivity contribution in [3.05, 3.63) is 27.9 Å². The number of nitrogens with one attached hydrogen (secondary N) is 1. The second-order valence-electron chi connectivity index (χ2n) is 5.05. The van der Waals surface area contributed by atoms with Gasteiger partial charge in [0.2, 0.25) is 5.82 Å². The van der Waals surface area contributed by atoms with Crippen LogP contribution in [0.5, 0.6) is 0 Å². The number of carboxylic acids is 1. The van der Waals surface area contributed by atoms with Crippen LogP contribution in [0.25, 0.3) is 0 Å². The number of hydrogen-bond donors (Lipinski definition) is 2. The number of unbranched alkanes of at least 4 members (excludes halogenated alkanes) is 3. The van der Waals surface area contributed by atoms with Gasteiger partial charge in [-0.1, -0.05) is 32.6 Å². The fourth-order valence-corrected chi connectivity index (χ4v) is 2.00. The van der Waals surface area contributed by atoms with Gasteiger partial charge in [0.25, 0.3) is 0 Å². The van der Waals surface area contributed by atoms with E-state index in [-0.39, 0.29) is 23.1 Å². The molecule has 0 fully saturated rings. The Kier molecular flexibility index (Phi) is 6.58. The monoisotopic (exact) mass is 295 g/mol. The highest BCUT2D eigenvalue weighted by molar-refractivity contribution is 5.88. The molecule has 0 spiro atoms. The zero-order valence-electron chi connectivity index (χ0n) is 12.3. The van der Waals surface area contributed by atoms with E-state index in [1.165, 1.54) is 6.42 Å². The van der Waals surface area contributed by atoms with E-state index in [2.05, 4.69) is 17.2 Å². The van der Waals surface area contributed by atoms with Crippen molar-refractivity contribution < 1.29 is 14.8 Å². The lowest BCUT2D eigenvalue weighted by Crippen LogP contribution is -2.17. The van der Waals surface area contributed by atoms with Crippen molar-refractivity contribution in [3.8, 4) is 0 Å². The lowest BCUT2D eigenvalue weighted by Gasteiger charge is -2.14. The number of aromatic carboxylic acids is 1. The normalized spacial score (nSPS) is 11.9. The van der Waals surface area contributed by atoms with Gasteiger partial charge in [0, 0.05) is 18.3 Å². The van der Waals surface area contributed by atoms with Crippen LogP contribution < -0.4 is 5.32 Å². The molecule has 1 rings (SSSR count). The van der Waals surface area contributed by atoms with Crippen molar-refractivity contribution in [1.29, 1.82) is 0 Å². The van der Waals surface area contributed by atoms with Crippen LogP contribution in [0.15, 0.2) is 12.3 Å². The molecule has 7 nitrogen and oxygen atoms in total. The van der Waals surface area contributed by atoms with Crippen LogP contribution in [0.4, 0.5) is 11.5 Å². The largest absolute Gasteiger partial charge is 0.478 e. The van der Waals surface area contributed by atoms with E-state index >= 15 is 0 Å². The van der Waals surface area contributed by atoms with Gasteiger partial charge in [0.1, 0.15) is 0 Å². The summed E-state index contributed by atoms with van der Waals surface area (Å²) in [5.74, 6) is -1.11. The zero-order valence-corrected chi connectivity index (χ0v) is 12.3. The summed E-state index contributed by atoms with van der Waals surface area (Å²) in [6.45, 7) is 4.07. The Bertz CT molecular complexity index is 505. The van der Waals surface area contributed by atoms with Crippen LogP contribution in [-0.2, 0) is 0 Å². The van der Waals surface area contributed by atoms with E-state index in [1.807, 2.05) is 6.92 Å². The number of anilines is 1. The zero-order chi connectivity index (χ0) is 15.8. The van der Waals surface area contributed by atoms with Crippen molar-refractivity contribution in [2.24, 2.45) is 0 Å². The Labute approximate surface area is 123 Å². The van der Waals surface area contributed by atoms with Crippen molar-refractivity contribution >= 4 is 17.5 Å². The molecular formula is C14H21N3O4. The van der Waals surface area contributed by atoms with Crippen LogP contribution in [-0.4, -0.2) is 27.0 Å². The van der Waals surface area contributed by atoms with Gasteiger partial charge in [-0.2, -0.15) is 0 Å². The van der Waals surface area contributed by atoms with Crippen LogP contribution >= 0.6 is 0 Å². The number of pyridine rings is 1. The summed E-state index contributed by atoms with van der Waals surface area (Å²) >= 11 is 0. The molecule has 0 aliphatic rings. The molecule has 0 aliphatic carbocycles. The third-order valence-electron chi connectivity index (χ3n) is 3.19. The SMILES string of the molecule is CCCCCCC(C)Nc1ncc(C(=O)O)cc1[N+](=O)[O-]. The van der Waals surface area contributed by atoms with E-state index in [0.717, 1.165) is 37.9 Å². The average molecular weight is 295 g/mol. The third-order valence-corrected chi connectivity index (χ3v) is 3.19. The fraction of sp³-hybridized carbons (Fsp3) is 0.571. The van der Waals surface area contributed by atoms with Gasteiger partial charge >= 0.3 is 11.7 Å². The number of hydrogen-bond acceptors (Lipinski definition) is 5. The van der Waals surface area contributed by atoms with Crippen LogP contribution in [0, 0.1) is 10.1 Å². The minimum absolute atomic E-state index is 0.0451. The van der Waals surface area contributed by atoms with Gasteiger partial charge in [0.15, 0.2) is 0 Å². The Morgan fingerprint density at radius 1 is 1.48 bits per heavy atom. The first kappa shape index (κ1) is 16.9. The number of carboxylic acid groups (broad SMARTS) is 1. The first-order valence-electron chi connectivity index (χ1n) is 7.10. The lowest BCUT2D eigenvalue weighted by atomic mass is 10.1. The Hall–Kier alpha value is -2.18. The summed E-state index contributed by atoms with van der Waals surface area (Å²) < 4.78 is 0. The summed E-state index contributed by atoms with van der Waals surface area (Å²) in [6.07, 6.45) is 6.53. The molecule has 21 heavy (non-hydrogen) atoms. The van der Waals surface area contributed by atoms with Crippen molar-refractivity contribution in [2.75, 3.05) is 5.32 Å². The second-order valence-corrected chi connectivity index (χ2v) is 5.05. The summed E-state index contributed by atoms with van der Waals surface area (Å²) in [7, 11) is 0. The molecule has 116 valence electrons. The minimum Gasteiger partial charge on any atom is -0.478 e. The average Bonchev–Trinajstić information content (AvgIpc) is 2.43. The highest BCUT2D eigenvalue weighted by Gasteiger charge is 2.20. The van der Waals surface area contributed by atoms with E-state index in [4.69, 9.17) is 5.11 Å². The van der Waals surface area contributed by atoms with E-state index in [0.29, 0.717) is 0 Å². The molecule has 0 aliphatic heterocycles. The molecule has 1 atom stereocenters. The molecule has 0 saturated heterocycles. The topological polar surface area (TPSA) is 105 Å². The number of aromatic nitrogens is 1. The van der Waals surface area contributed by atoms with Crippen molar-refractivity contribution in [3.63, 3.8) is 0 Å². The van der Waals surface area contributed by atoms with Crippen molar-refractivity contribution in [2.45, 2.75) is 52.0 Å². The maximum Gasteiger partial charge on any atom is 0.337 e. The number of carbonyl (C=O) groups is 1. The highest BCUT2D eigenvalue weighted by atomic mass is 16.6. The Balaban J connectivity index is 2.73. The third kappa shape index (κ3) is 5.37. The highest BCUT2D eigenvalue weighted by Crippen LogP contribution is 2.24. The van der Waals surface area contributed by atoms with Gasteiger partial charge in [-0.3, -0.25) is 10.1 Å². The molecule has 1 heterocycles. The summed E-state index contributed by atoms with van der Waals surface area (Å²) in [5.41, 5.74) is -0.502. The van der Waals surface area contributed by atoms with E-state index < -0.39 is 10.9 Å². The smallest absolute Gasteiger partial charge is 0.337 e. The quantitative estimate of drug-likeness (QED) is 0.410. The summed E-state index contributed by atoms with van der Waals surface area (Å²) in [6, 6.07) is 1.07. The first-order chi connectivity index (χ1) is 9.95. The summed E-state index contributed by atoms with van der Waals surface area (Å²) in [5, 5.41) is 22.8. The molecule has 1 aromatic rings. The number of rotatable bonds is 9. The first-order valence-corrected chi connectivity index (χ1v) is 7.10. The standard InChI is InChI=1S/C14H21N3O4/c1-3-4-5-6-7-10(2)16-13-12(17(20)21)8-11(9-15-13)14(18)19/h8-10H,3-7H2,1-2H3,(H,15,16)(H,18,19). The lowest BCUT2D eigenvalue weighted by molar-refractivity contribution is -0.384. The van der Waals surface area contributed by atoms with Gasteiger partial charge in [-0.05, 0) is 13.3 Å². The van der Waals surface area contributed by atoms with Crippen molar-refractivity contribution in [1.82, 2.24) is 4.98 Å². The van der Waals surface area contributed by atoms with Gasteiger partial charge < -0.3 is 10.4 Å². The Morgan fingerprint density at radius 3 is 2.76 bits per heavy atom. The Morgan fingerprint density at radius 2 is 2.19 bits per heavy atom. The molecule has 0 aromatic carbocycles.